The Morgan fingerprint density at radius 3 is 2.50 bits per heavy atom. The van der Waals surface area contributed by atoms with Crippen LogP contribution in [0.2, 0.25) is 0 Å². The van der Waals surface area contributed by atoms with E-state index in [1.807, 2.05) is 0 Å². The summed E-state index contributed by atoms with van der Waals surface area (Å²) in [5.74, 6) is 0.751. The lowest BCUT2D eigenvalue weighted by atomic mass is 9.84. The van der Waals surface area contributed by atoms with Crippen LogP contribution >= 0.6 is 24.0 Å². The largest absolute Gasteiger partial charge is 0.351 e. The summed E-state index contributed by atoms with van der Waals surface area (Å²) in [4.78, 5) is 13.5. The van der Waals surface area contributed by atoms with Gasteiger partial charge in [-0.1, -0.05) is 0 Å². The molecule has 1 unspecified atom stereocenters. The topological polar surface area (TPSA) is 32.3 Å². The lowest BCUT2D eigenvalue weighted by Crippen LogP contribution is -2.57. The number of carbonyl (C=O) groups excluding carboxylic acids is 1. The van der Waals surface area contributed by atoms with Crippen LogP contribution in [0.5, 0.6) is 0 Å². The first-order chi connectivity index (χ1) is 6.29. The van der Waals surface area contributed by atoms with Crippen molar-refractivity contribution in [3.05, 3.63) is 0 Å². The Morgan fingerprint density at radius 1 is 1.43 bits per heavy atom. The molecule has 0 aromatic rings. The second kappa shape index (κ2) is 5.19. The highest BCUT2D eigenvalue weighted by Gasteiger charge is 2.34. The van der Waals surface area contributed by atoms with Gasteiger partial charge in [0.1, 0.15) is 5.88 Å². The molecule has 3 rings (SSSR count). The van der Waals surface area contributed by atoms with Gasteiger partial charge in [0.05, 0.1) is 0 Å². The molecule has 0 aliphatic carbocycles. The predicted octanol–water partition coefficient (Wildman–Crippen LogP) is 0.857. The normalized spacial score (nSPS) is 34.8. The number of carbonyl (C=O) groups is 1. The van der Waals surface area contributed by atoms with Crippen LogP contribution in [0.3, 0.4) is 0 Å². The molecule has 2 bridgehead atoms. The van der Waals surface area contributed by atoms with E-state index in [0.29, 0.717) is 12.0 Å². The molecule has 0 aromatic heterocycles. The van der Waals surface area contributed by atoms with Gasteiger partial charge in [0, 0.05) is 12.6 Å². The highest BCUT2D eigenvalue weighted by atomic mass is 35.5. The van der Waals surface area contributed by atoms with Crippen molar-refractivity contribution in [2.75, 3.05) is 25.5 Å². The molecule has 3 aliphatic heterocycles. The number of fused-ring (bicyclic) bond motifs is 3. The smallest absolute Gasteiger partial charge is 0.235 e. The van der Waals surface area contributed by atoms with Crippen molar-refractivity contribution in [1.82, 2.24) is 10.2 Å². The molecule has 14 heavy (non-hydrogen) atoms. The molecule has 3 heterocycles. The molecule has 0 saturated carbocycles. The SMILES string of the molecule is Cl.O=C(CCl)NC1CN2CCC1CC2. The molecule has 1 atom stereocenters. The molecule has 3 aliphatic rings. The van der Waals surface area contributed by atoms with Crippen LogP contribution in [-0.4, -0.2) is 42.4 Å². The second-order valence-electron chi connectivity index (χ2n) is 3.95. The van der Waals surface area contributed by atoms with Gasteiger partial charge in [-0.25, -0.2) is 0 Å². The molecule has 0 radical (unpaired) electrons. The third kappa shape index (κ3) is 2.53. The Labute approximate surface area is 95.6 Å². The van der Waals surface area contributed by atoms with Gasteiger partial charge in [-0.3, -0.25) is 4.79 Å². The molecule has 3 fully saturated rings. The highest BCUT2D eigenvalue weighted by molar-refractivity contribution is 6.27. The van der Waals surface area contributed by atoms with Crippen LogP contribution in [0.1, 0.15) is 12.8 Å². The summed E-state index contributed by atoms with van der Waals surface area (Å²) in [5.41, 5.74) is 0. The van der Waals surface area contributed by atoms with E-state index < -0.39 is 0 Å². The molecular formula is C9H16Cl2N2O. The quantitative estimate of drug-likeness (QED) is 0.725. The van der Waals surface area contributed by atoms with Gasteiger partial charge in [-0.15, -0.1) is 24.0 Å². The van der Waals surface area contributed by atoms with Crippen LogP contribution in [0, 0.1) is 5.92 Å². The number of alkyl halides is 1. The van der Waals surface area contributed by atoms with Crippen molar-refractivity contribution < 1.29 is 4.79 Å². The maximum atomic E-state index is 11.1. The molecule has 1 amide bonds. The van der Waals surface area contributed by atoms with Crippen molar-refractivity contribution in [1.29, 1.82) is 0 Å². The van der Waals surface area contributed by atoms with Gasteiger partial charge in [0.15, 0.2) is 0 Å². The number of hydrogen-bond acceptors (Lipinski definition) is 2. The second-order valence-corrected chi connectivity index (χ2v) is 4.21. The molecule has 3 saturated heterocycles. The Bertz CT molecular complexity index is 205. The van der Waals surface area contributed by atoms with E-state index >= 15 is 0 Å². The summed E-state index contributed by atoms with van der Waals surface area (Å²) in [6.45, 7) is 3.43. The van der Waals surface area contributed by atoms with Gasteiger partial charge in [-0.05, 0) is 31.8 Å². The molecule has 3 nitrogen and oxygen atoms in total. The van der Waals surface area contributed by atoms with E-state index in [4.69, 9.17) is 11.6 Å². The third-order valence-corrected chi connectivity index (χ3v) is 3.37. The monoisotopic (exact) mass is 238 g/mol. The molecular weight excluding hydrogens is 223 g/mol. The van der Waals surface area contributed by atoms with E-state index in [0.717, 1.165) is 6.54 Å². The maximum Gasteiger partial charge on any atom is 0.235 e. The first kappa shape index (κ1) is 12.1. The number of piperidine rings is 3. The Morgan fingerprint density at radius 2 is 2.07 bits per heavy atom. The minimum absolute atomic E-state index is 0. The lowest BCUT2D eigenvalue weighted by Gasteiger charge is -2.44. The van der Waals surface area contributed by atoms with E-state index in [9.17, 15) is 4.79 Å². The van der Waals surface area contributed by atoms with Crippen molar-refractivity contribution >= 4 is 29.9 Å². The molecule has 1 N–H and O–H groups in total. The molecule has 0 aromatic carbocycles. The van der Waals surface area contributed by atoms with E-state index in [1.54, 1.807) is 0 Å². The minimum atomic E-state index is -0.0274. The average molecular weight is 239 g/mol. The van der Waals surface area contributed by atoms with Crippen LogP contribution in [0.4, 0.5) is 0 Å². The van der Waals surface area contributed by atoms with Gasteiger partial charge < -0.3 is 10.2 Å². The van der Waals surface area contributed by atoms with Gasteiger partial charge in [0.2, 0.25) is 5.91 Å². The highest BCUT2D eigenvalue weighted by Crippen LogP contribution is 2.27. The van der Waals surface area contributed by atoms with E-state index in [2.05, 4.69) is 10.2 Å². The van der Waals surface area contributed by atoms with E-state index in [-0.39, 0.29) is 24.2 Å². The Balaban J connectivity index is 0.000000980. The number of nitrogens with zero attached hydrogens (tertiary/aromatic N) is 1. The number of amides is 1. The zero-order chi connectivity index (χ0) is 9.26. The minimum Gasteiger partial charge on any atom is -0.351 e. The molecule has 5 heteroatoms. The summed E-state index contributed by atoms with van der Waals surface area (Å²) in [7, 11) is 0. The Hall–Kier alpha value is 0.01000. The fourth-order valence-corrected chi connectivity index (χ4v) is 2.45. The standard InChI is InChI=1S/C9H15ClN2O.ClH/c10-5-9(13)11-8-6-12-3-1-7(8)2-4-12;/h7-8H,1-6H2,(H,11,13);1H. The number of halogens is 2. The van der Waals surface area contributed by atoms with Crippen molar-refractivity contribution in [3.63, 3.8) is 0 Å². The average Bonchev–Trinajstić information content (AvgIpc) is 2.19. The van der Waals surface area contributed by atoms with Crippen LogP contribution in [-0.2, 0) is 4.79 Å². The lowest BCUT2D eigenvalue weighted by molar-refractivity contribution is -0.120. The van der Waals surface area contributed by atoms with Gasteiger partial charge in [0.25, 0.3) is 0 Å². The summed E-state index contributed by atoms with van der Waals surface area (Å²) < 4.78 is 0. The zero-order valence-electron chi connectivity index (χ0n) is 8.04. The van der Waals surface area contributed by atoms with Crippen LogP contribution < -0.4 is 5.32 Å². The Kier molecular flexibility index (Phi) is 4.48. The summed E-state index contributed by atoms with van der Waals surface area (Å²) >= 11 is 5.45. The fraction of sp³-hybridized carbons (Fsp3) is 0.889. The molecule has 0 spiro atoms. The zero-order valence-corrected chi connectivity index (χ0v) is 9.61. The number of hydrogen-bond donors (Lipinski definition) is 1. The summed E-state index contributed by atoms with van der Waals surface area (Å²) in [5, 5.41) is 2.99. The predicted molar refractivity (Wildman–Crippen MR) is 59.1 cm³/mol. The maximum absolute atomic E-state index is 11.1. The first-order valence-corrected chi connectivity index (χ1v) is 5.40. The van der Waals surface area contributed by atoms with Crippen LogP contribution in [0.25, 0.3) is 0 Å². The first-order valence-electron chi connectivity index (χ1n) is 4.87. The van der Waals surface area contributed by atoms with Crippen LogP contribution in [0.15, 0.2) is 0 Å². The van der Waals surface area contributed by atoms with Gasteiger partial charge >= 0.3 is 0 Å². The molecule has 82 valence electrons. The van der Waals surface area contributed by atoms with Gasteiger partial charge in [-0.2, -0.15) is 0 Å². The van der Waals surface area contributed by atoms with E-state index in [1.165, 1.54) is 25.9 Å². The third-order valence-electron chi connectivity index (χ3n) is 3.12. The summed E-state index contributed by atoms with van der Waals surface area (Å²) in [6, 6.07) is 0.355. The van der Waals surface area contributed by atoms with Crippen molar-refractivity contribution in [3.8, 4) is 0 Å². The summed E-state index contributed by atoms with van der Waals surface area (Å²) in [6.07, 6.45) is 2.46. The van der Waals surface area contributed by atoms with Crippen molar-refractivity contribution in [2.45, 2.75) is 18.9 Å². The van der Waals surface area contributed by atoms with Crippen molar-refractivity contribution in [2.24, 2.45) is 5.92 Å². The fourth-order valence-electron chi connectivity index (χ4n) is 2.37. The number of nitrogens with one attached hydrogen (secondary N) is 1. The number of rotatable bonds is 2.